The first-order valence-corrected chi connectivity index (χ1v) is 7.35. The molecule has 2 rings (SSSR count). The van der Waals surface area contributed by atoms with E-state index < -0.39 is 0 Å². The third-order valence-electron chi connectivity index (χ3n) is 3.95. The second-order valence-corrected chi connectivity index (χ2v) is 5.56. The standard InChI is InChI=1S/C16H23FN2O/c1-12-6-7-15(17)10-14(12)11-18-13(2)16(20)19-8-4-3-5-9-19/h6-7,10,13,18H,3-5,8-9,11H2,1-2H3. The quantitative estimate of drug-likeness (QED) is 0.918. The molecule has 1 heterocycles. The van der Waals surface area contributed by atoms with Crippen LogP contribution in [0.1, 0.15) is 37.3 Å². The van der Waals surface area contributed by atoms with Gasteiger partial charge in [-0.3, -0.25) is 4.79 Å². The number of carbonyl (C=O) groups is 1. The van der Waals surface area contributed by atoms with Crippen molar-refractivity contribution >= 4 is 5.91 Å². The number of nitrogens with zero attached hydrogens (tertiary/aromatic N) is 1. The predicted molar refractivity (Wildman–Crippen MR) is 77.9 cm³/mol. The number of hydrogen-bond acceptors (Lipinski definition) is 2. The normalized spacial score (nSPS) is 17.1. The molecule has 0 bridgehead atoms. The molecule has 0 aliphatic carbocycles. The van der Waals surface area contributed by atoms with E-state index in [4.69, 9.17) is 0 Å². The molecule has 1 aromatic rings. The molecule has 110 valence electrons. The summed E-state index contributed by atoms with van der Waals surface area (Å²) in [5.74, 6) is -0.0823. The first-order chi connectivity index (χ1) is 9.58. The SMILES string of the molecule is Cc1ccc(F)cc1CNC(C)C(=O)N1CCCCC1. The van der Waals surface area contributed by atoms with Gasteiger partial charge in [-0.05, 0) is 56.4 Å². The molecule has 1 unspecified atom stereocenters. The Hall–Kier alpha value is -1.42. The van der Waals surface area contributed by atoms with E-state index in [0.29, 0.717) is 6.54 Å². The van der Waals surface area contributed by atoms with E-state index in [2.05, 4.69) is 5.32 Å². The molecular formula is C16H23FN2O. The Morgan fingerprint density at radius 1 is 1.35 bits per heavy atom. The van der Waals surface area contributed by atoms with Gasteiger partial charge in [0.2, 0.25) is 5.91 Å². The van der Waals surface area contributed by atoms with Gasteiger partial charge >= 0.3 is 0 Å². The molecular weight excluding hydrogens is 255 g/mol. The largest absolute Gasteiger partial charge is 0.341 e. The van der Waals surface area contributed by atoms with Crippen molar-refractivity contribution in [1.82, 2.24) is 10.2 Å². The van der Waals surface area contributed by atoms with E-state index in [1.807, 2.05) is 18.7 Å². The zero-order valence-corrected chi connectivity index (χ0v) is 12.3. The van der Waals surface area contributed by atoms with Crippen LogP contribution in [0, 0.1) is 12.7 Å². The average Bonchev–Trinajstić information content (AvgIpc) is 2.48. The van der Waals surface area contributed by atoms with Crippen molar-refractivity contribution in [2.75, 3.05) is 13.1 Å². The Bertz CT molecular complexity index is 470. The third kappa shape index (κ3) is 3.79. The smallest absolute Gasteiger partial charge is 0.239 e. The van der Waals surface area contributed by atoms with Gasteiger partial charge in [-0.15, -0.1) is 0 Å². The molecule has 1 aliphatic heterocycles. The van der Waals surface area contributed by atoms with Crippen LogP contribution in [-0.4, -0.2) is 29.9 Å². The summed E-state index contributed by atoms with van der Waals surface area (Å²) >= 11 is 0. The van der Waals surface area contributed by atoms with Crippen molar-refractivity contribution in [1.29, 1.82) is 0 Å². The lowest BCUT2D eigenvalue weighted by molar-refractivity contribution is -0.133. The van der Waals surface area contributed by atoms with Crippen LogP contribution in [0.5, 0.6) is 0 Å². The second kappa shape index (κ2) is 6.84. The fraction of sp³-hybridized carbons (Fsp3) is 0.562. The number of halogens is 1. The lowest BCUT2D eigenvalue weighted by Gasteiger charge is -2.29. The minimum Gasteiger partial charge on any atom is -0.341 e. The Morgan fingerprint density at radius 2 is 2.05 bits per heavy atom. The molecule has 4 heteroatoms. The Balaban J connectivity index is 1.89. The minimum absolute atomic E-state index is 0.152. The Kier molecular flexibility index (Phi) is 5.12. The van der Waals surface area contributed by atoms with Crippen molar-refractivity contribution in [2.24, 2.45) is 0 Å². The van der Waals surface area contributed by atoms with Crippen LogP contribution < -0.4 is 5.32 Å². The highest BCUT2D eigenvalue weighted by molar-refractivity contribution is 5.81. The molecule has 1 aliphatic rings. The molecule has 0 aromatic heterocycles. The van der Waals surface area contributed by atoms with Gasteiger partial charge in [0.1, 0.15) is 5.82 Å². The summed E-state index contributed by atoms with van der Waals surface area (Å²) in [4.78, 5) is 14.2. The average molecular weight is 278 g/mol. The van der Waals surface area contributed by atoms with Gasteiger partial charge in [0.25, 0.3) is 0 Å². The molecule has 0 spiro atoms. The maximum atomic E-state index is 13.2. The molecule has 1 atom stereocenters. The van der Waals surface area contributed by atoms with Crippen LogP contribution >= 0.6 is 0 Å². The number of aryl methyl sites for hydroxylation is 1. The molecule has 1 fully saturated rings. The number of nitrogens with one attached hydrogen (secondary N) is 1. The number of benzene rings is 1. The molecule has 1 aromatic carbocycles. The van der Waals surface area contributed by atoms with Crippen LogP contribution in [0.2, 0.25) is 0 Å². The zero-order valence-electron chi connectivity index (χ0n) is 12.3. The highest BCUT2D eigenvalue weighted by Crippen LogP contribution is 2.12. The molecule has 0 saturated carbocycles. The van der Waals surface area contributed by atoms with E-state index in [-0.39, 0.29) is 17.8 Å². The minimum atomic E-state index is -0.234. The van der Waals surface area contributed by atoms with Gasteiger partial charge in [-0.2, -0.15) is 0 Å². The van der Waals surface area contributed by atoms with Gasteiger partial charge in [0.05, 0.1) is 6.04 Å². The predicted octanol–water partition coefficient (Wildman–Crippen LogP) is 2.62. The fourth-order valence-corrected chi connectivity index (χ4v) is 2.57. The summed E-state index contributed by atoms with van der Waals surface area (Å²) < 4.78 is 13.2. The number of rotatable bonds is 4. The lowest BCUT2D eigenvalue weighted by atomic mass is 10.1. The number of hydrogen-bond donors (Lipinski definition) is 1. The number of piperidine rings is 1. The third-order valence-corrected chi connectivity index (χ3v) is 3.95. The molecule has 0 radical (unpaired) electrons. The topological polar surface area (TPSA) is 32.3 Å². The second-order valence-electron chi connectivity index (χ2n) is 5.56. The van der Waals surface area contributed by atoms with Gasteiger partial charge in [-0.1, -0.05) is 6.07 Å². The van der Waals surface area contributed by atoms with Gasteiger partial charge in [0, 0.05) is 19.6 Å². The highest BCUT2D eigenvalue weighted by atomic mass is 19.1. The summed E-state index contributed by atoms with van der Waals surface area (Å²) in [6.07, 6.45) is 3.41. The van der Waals surface area contributed by atoms with E-state index >= 15 is 0 Å². The summed E-state index contributed by atoms with van der Waals surface area (Å²) in [6, 6.07) is 4.53. The first-order valence-electron chi connectivity index (χ1n) is 7.35. The first kappa shape index (κ1) is 15.0. The van der Waals surface area contributed by atoms with Crippen molar-refractivity contribution in [2.45, 2.75) is 45.7 Å². The van der Waals surface area contributed by atoms with Crippen LogP contribution in [0.4, 0.5) is 4.39 Å². The van der Waals surface area contributed by atoms with Crippen LogP contribution in [0.3, 0.4) is 0 Å². The van der Waals surface area contributed by atoms with E-state index in [0.717, 1.165) is 37.1 Å². The van der Waals surface area contributed by atoms with Crippen molar-refractivity contribution < 1.29 is 9.18 Å². The molecule has 1 saturated heterocycles. The van der Waals surface area contributed by atoms with Crippen LogP contribution in [0.15, 0.2) is 18.2 Å². The fourth-order valence-electron chi connectivity index (χ4n) is 2.57. The maximum absolute atomic E-state index is 13.2. The Morgan fingerprint density at radius 3 is 2.75 bits per heavy atom. The molecule has 1 N–H and O–H groups in total. The molecule has 3 nitrogen and oxygen atoms in total. The van der Waals surface area contributed by atoms with E-state index in [9.17, 15) is 9.18 Å². The number of amides is 1. The van der Waals surface area contributed by atoms with E-state index in [1.165, 1.54) is 18.6 Å². The van der Waals surface area contributed by atoms with Crippen molar-refractivity contribution in [3.05, 3.63) is 35.1 Å². The molecule has 1 amide bonds. The number of carbonyl (C=O) groups excluding carboxylic acids is 1. The summed E-state index contributed by atoms with van der Waals surface area (Å²) in [6.45, 7) is 6.08. The molecule has 20 heavy (non-hydrogen) atoms. The summed E-state index contributed by atoms with van der Waals surface area (Å²) in [5, 5.41) is 3.21. The Labute approximate surface area is 120 Å². The lowest BCUT2D eigenvalue weighted by Crippen LogP contribution is -2.46. The van der Waals surface area contributed by atoms with Crippen LogP contribution in [0.25, 0.3) is 0 Å². The van der Waals surface area contributed by atoms with E-state index in [1.54, 1.807) is 6.07 Å². The summed E-state index contributed by atoms with van der Waals surface area (Å²) in [5.41, 5.74) is 1.94. The van der Waals surface area contributed by atoms with Crippen LogP contribution in [-0.2, 0) is 11.3 Å². The summed E-state index contributed by atoms with van der Waals surface area (Å²) in [7, 11) is 0. The highest BCUT2D eigenvalue weighted by Gasteiger charge is 2.21. The van der Waals surface area contributed by atoms with Crippen molar-refractivity contribution in [3.63, 3.8) is 0 Å². The van der Waals surface area contributed by atoms with Gasteiger partial charge in [-0.25, -0.2) is 4.39 Å². The number of likely N-dealkylation sites (tertiary alicyclic amines) is 1. The maximum Gasteiger partial charge on any atom is 0.239 e. The zero-order chi connectivity index (χ0) is 14.5. The van der Waals surface area contributed by atoms with Gasteiger partial charge in [0.15, 0.2) is 0 Å². The monoisotopic (exact) mass is 278 g/mol. The van der Waals surface area contributed by atoms with Gasteiger partial charge < -0.3 is 10.2 Å². The van der Waals surface area contributed by atoms with Crippen molar-refractivity contribution in [3.8, 4) is 0 Å².